The number of methoxy groups -OCH3 is 1. The average Bonchev–Trinajstić information content (AvgIpc) is 3.25. The summed E-state index contributed by atoms with van der Waals surface area (Å²) >= 11 is 1.45. The van der Waals surface area contributed by atoms with Crippen LogP contribution in [0.4, 0.5) is 0 Å². The van der Waals surface area contributed by atoms with E-state index in [1.54, 1.807) is 7.11 Å². The van der Waals surface area contributed by atoms with E-state index in [-0.39, 0.29) is 5.78 Å². The Balaban J connectivity index is 1.69. The molecule has 0 fully saturated rings. The van der Waals surface area contributed by atoms with Gasteiger partial charge >= 0.3 is 0 Å². The maximum absolute atomic E-state index is 12.9. The molecule has 0 saturated carbocycles. The fourth-order valence-electron chi connectivity index (χ4n) is 3.47. The van der Waals surface area contributed by atoms with Crippen molar-refractivity contribution in [2.45, 2.75) is 45.4 Å². The van der Waals surface area contributed by atoms with Crippen LogP contribution in [0.1, 0.15) is 40.1 Å². The Morgan fingerprint density at radius 1 is 1.14 bits per heavy atom. The summed E-state index contributed by atoms with van der Waals surface area (Å²) in [6.07, 6.45) is 0.733. The van der Waals surface area contributed by atoms with E-state index in [4.69, 9.17) is 4.74 Å². The van der Waals surface area contributed by atoms with Crippen LogP contribution in [-0.4, -0.2) is 44.6 Å². The topological polar surface area (TPSA) is 61.9 Å². The minimum atomic E-state index is 0.113. The predicted octanol–water partition coefficient (Wildman–Crippen LogP) is 3.93. The number of ether oxygens (including phenoxy) is 1. The molecular weight excluding hydrogens is 384 g/mol. The summed E-state index contributed by atoms with van der Waals surface area (Å²) in [6, 6.07) is 12.2. The zero-order valence-electron chi connectivity index (χ0n) is 17.5. The molecule has 0 atom stereocenters. The van der Waals surface area contributed by atoms with Gasteiger partial charge in [0.1, 0.15) is 5.82 Å². The Labute approximate surface area is 176 Å². The summed E-state index contributed by atoms with van der Waals surface area (Å²) in [5.41, 5.74) is 4.05. The first-order valence-electron chi connectivity index (χ1n) is 9.82. The summed E-state index contributed by atoms with van der Waals surface area (Å²) in [5, 5.41) is 9.49. The SMILES string of the molecule is CCn1c(Cc2ccccc2)nnc1SCC(=O)c1cc(C)n(CCOC)c1C. The van der Waals surface area contributed by atoms with Crippen LogP contribution in [0.3, 0.4) is 0 Å². The Morgan fingerprint density at radius 2 is 1.90 bits per heavy atom. The van der Waals surface area contributed by atoms with Gasteiger partial charge in [-0.3, -0.25) is 4.79 Å². The molecule has 3 rings (SSSR count). The van der Waals surface area contributed by atoms with Crippen molar-refractivity contribution in [3.8, 4) is 0 Å². The molecule has 0 saturated heterocycles. The summed E-state index contributed by atoms with van der Waals surface area (Å²) in [4.78, 5) is 12.9. The lowest BCUT2D eigenvalue weighted by atomic mass is 10.1. The Kier molecular flexibility index (Phi) is 7.28. The van der Waals surface area contributed by atoms with Crippen molar-refractivity contribution in [1.82, 2.24) is 19.3 Å². The zero-order valence-corrected chi connectivity index (χ0v) is 18.3. The highest BCUT2D eigenvalue weighted by atomic mass is 32.2. The molecule has 0 N–H and O–H groups in total. The second kappa shape index (κ2) is 9.89. The second-order valence-electron chi connectivity index (χ2n) is 6.95. The number of benzene rings is 1. The number of thioether (sulfide) groups is 1. The van der Waals surface area contributed by atoms with Gasteiger partial charge in [0, 0.05) is 43.6 Å². The van der Waals surface area contributed by atoms with Crippen molar-refractivity contribution in [2.75, 3.05) is 19.5 Å². The minimum absolute atomic E-state index is 0.113. The molecule has 0 amide bonds. The molecule has 0 bridgehead atoms. The Morgan fingerprint density at radius 3 is 2.59 bits per heavy atom. The van der Waals surface area contributed by atoms with Crippen LogP contribution in [0, 0.1) is 13.8 Å². The summed E-state index contributed by atoms with van der Waals surface area (Å²) < 4.78 is 9.40. The van der Waals surface area contributed by atoms with Gasteiger partial charge < -0.3 is 13.9 Å². The van der Waals surface area contributed by atoms with Crippen LogP contribution < -0.4 is 0 Å². The zero-order chi connectivity index (χ0) is 20.8. The van der Waals surface area contributed by atoms with Crippen LogP contribution in [0.25, 0.3) is 0 Å². The van der Waals surface area contributed by atoms with Crippen LogP contribution in [0.15, 0.2) is 41.6 Å². The van der Waals surface area contributed by atoms with E-state index in [9.17, 15) is 4.79 Å². The third kappa shape index (κ3) is 4.97. The van der Waals surface area contributed by atoms with E-state index in [0.29, 0.717) is 12.4 Å². The number of Topliss-reactive ketones (excluding diaryl/α,β-unsaturated/α-hetero) is 1. The number of hydrogen-bond donors (Lipinski definition) is 0. The number of rotatable bonds is 10. The van der Waals surface area contributed by atoms with E-state index in [1.165, 1.54) is 17.3 Å². The lowest BCUT2D eigenvalue weighted by molar-refractivity contribution is 0.102. The molecule has 0 unspecified atom stereocenters. The van der Waals surface area contributed by atoms with E-state index < -0.39 is 0 Å². The number of carbonyl (C=O) groups excluding carboxylic acids is 1. The number of aryl methyl sites for hydroxylation is 1. The van der Waals surface area contributed by atoms with Crippen molar-refractivity contribution in [3.63, 3.8) is 0 Å². The molecule has 1 aromatic carbocycles. The third-order valence-corrected chi connectivity index (χ3v) is 6.01. The van der Waals surface area contributed by atoms with Gasteiger partial charge in [0.15, 0.2) is 10.9 Å². The second-order valence-corrected chi connectivity index (χ2v) is 7.89. The monoisotopic (exact) mass is 412 g/mol. The Hall–Kier alpha value is -2.38. The summed E-state index contributed by atoms with van der Waals surface area (Å²) in [5.74, 6) is 1.38. The van der Waals surface area contributed by atoms with Crippen molar-refractivity contribution in [3.05, 3.63) is 64.7 Å². The van der Waals surface area contributed by atoms with E-state index in [1.807, 2.05) is 38.1 Å². The number of aromatic nitrogens is 4. The molecular formula is C22H28N4O2S. The Bertz CT molecular complexity index is 963. The van der Waals surface area contributed by atoms with Crippen molar-refractivity contribution < 1.29 is 9.53 Å². The summed E-state index contributed by atoms with van der Waals surface area (Å²) in [6.45, 7) is 8.25. The smallest absolute Gasteiger partial charge is 0.191 e. The highest BCUT2D eigenvalue weighted by Gasteiger charge is 2.18. The number of carbonyl (C=O) groups is 1. The largest absolute Gasteiger partial charge is 0.383 e. The van der Waals surface area contributed by atoms with Crippen molar-refractivity contribution in [2.24, 2.45) is 0 Å². The van der Waals surface area contributed by atoms with Gasteiger partial charge in [0.2, 0.25) is 0 Å². The predicted molar refractivity (Wildman–Crippen MR) is 116 cm³/mol. The van der Waals surface area contributed by atoms with Crippen molar-refractivity contribution >= 4 is 17.5 Å². The number of hydrogen-bond acceptors (Lipinski definition) is 5. The maximum Gasteiger partial charge on any atom is 0.191 e. The van der Waals surface area contributed by atoms with Gasteiger partial charge in [-0.15, -0.1) is 10.2 Å². The van der Waals surface area contributed by atoms with Gasteiger partial charge in [0.05, 0.1) is 12.4 Å². The van der Waals surface area contributed by atoms with E-state index in [0.717, 1.165) is 47.4 Å². The van der Waals surface area contributed by atoms with Crippen LogP contribution >= 0.6 is 11.8 Å². The fourth-order valence-corrected chi connectivity index (χ4v) is 4.38. The average molecular weight is 413 g/mol. The van der Waals surface area contributed by atoms with Crippen LogP contribution in [0.2, 0.25) is 0 Å². The van der Waals surface area contributed by atoms with Gasteiger partial charge in [0.25, 0.3) is 0 Å². The molecule has 0 radical (unpaired) electrons. The van der Waals surface area contributed by atoms with Crippen LogP contribution in [0.5, 0.6) is 0 Å². The van der Waals surface area contributed by atoms with Crippen LogP contribution in [-0.2, 0) is 24.2 Å². The lowest BCUT2D eigenvalue weighted by Crippen LogP contribution is -2.10. The molecule has 0 aliphatic rings. The fraction of sp³-hybridized carbons (Fsp3) is 0.409. The highest BCUT2D eigenvalue weighted by Crippen LogP contribution is 2.22. The standard InChI is InChI=1S/C22H28N4O2S/c1-5-25-21(14-18-9-7-6-8-10-18)23-24-22(25)29-15-20(27)19-13-16(2)26(17(19)3)11-12-28-4/h6-10,13H,5,11-12,14-15H2,1-4H3. The molecule has 0 aliphatic heterocycles. The molecule has 29 heavy (non-hydrogen) atoms. The number of ketones is 1. The van der Waals surface area contributed by atoms with Gasteiger partial charge in [-0.25, -0.2) is 0 Å². The first-order chi connectivity index (χ1) is 14.0. The molecule has 3 aromatic rings. The first-order valence-corrected chi connectivity index (χ1v) is 10.8. The van der Waals surface area contributed by atoms with Gasteiger partial charge in [-0.05, 0) is 32.4 Å². The van der Waals surface area contributed by atoms with E-state index >= 15 is 0 Å². The van der Waals surface area contributed by atoms with Crippen molar-refractivity contribution in [1.29, 1.82) is 0 Å². The molecule has 2 heterocycles. The minimum Gasteiger partial charge on any atom is -0.383 e. The van der Waals surface area contributed by atoms with Gasteiger partial charge in [-0.2, -0.15) is 0 Å². The molecule has 154 valence electrons. The molecule has 2 aromatic heterocycles. The normalized spacial score (nSPS) is 11.2. The number of nitrogens with zero attached hydrogens (tertiary/aromatic N) is 4. The molecule has 0 aliphatic carbocycles. The highest BCUT2D eigenvalue weighted by molar-refractivity contribution is 7.99. The third-order valence-electron chi connectivity index (χ3n) is 5.04. The molecule has 6 nitrogen and oxygen atoms in total. The molecule has 7 heteroatoms. The molecule has 0 spiro atoms. The lowest BCUT2D eigenvalue weighted by Gasteiger charge is -2.09. The quantitative estimate of drug-likeness (QED) is 0.373. The first kappa shape index (κ1) is 21.3. The maximum atomic E-state index is 12.9. The van der Waals surface area contributed by atoms with Gasteiger partial charge in [-0.1, -0.05) is 42.1 Å². The summed E-state index contributed by atoms with van der Waals surface area (Å²) in [7, 11) is 1.69. The van der Waals surface area contributed by atoms with E-state index in [2.05, 4.69) is 38.4 Å².